The van der Waals surface area contributed by atoms with Gasteiger partial charge in [0.05, 0.1) is 11.9 Å². The first-order chi connectivity index (χ1) is 14.7. The maximum absolute atomic E-state index is 13.9. The summed E-state index contributed by atoms with van der Waals surface area (Å²) in [5.74, 6) is 0.508. The van der Waals surface area contributed by atoms with Gasteiger partial charge in [-0.1, -0.05) is 36.4 Å². The molecule has 0 atom stereocenters. The predicted octanol–water partition coefficient (Wildman–Crippen LogP) is 2.64. The van der Waals surface area contributed by atoms with Crippen LogP contribution in [0.25, 0.3) is 10.9 Å². The fraction of sp³-hybridized carbons (Fsp3) is 0.304. The van der Waals surface area contributed by atoms with Crippen molar-refractivity contribution >= 4 is 28.3 Å². The molecule has 2 aromatic carbocycles. The van der Waals surface area contributed by atoms with Gasteiger partial charge in [-0.15, -0.1) is 0 Å². The molecule has 1 saturated heterocycles. The van der Waals surface area contributed by atoms with Crippen LogP contribution in [0.2, 0.25) is 0 Å². The highest BCUT2D eigenvalue weighted by atomic mass is 19.1. The number of para-hydroxylation sites is 1. The molecule has 0 radical (unpaired) electrons. The summed E-state index contributed by atoms with van der Waals surface area (Å²) in [7, 11) is 0. The van der Waals surface area contributed by atoms with Gasteiger partial charge in [0, 0.05) is 56.4 Å². The number of nitrogens with zero attached hydrogens (tertiary/aromatic N) is 3. The SMILES string of the molecule is NCCNc1cc(N2CCN(C(=O)Cc3ccccc3F)CC2)nc2ccccc12. The first kappa shape index (κ1) is 20.1. The van der Waals surface area contributed by atoms with E-state index in [2.05, 4.69) is 16.3 Å². The molecule has 0 aliphatic carbocycles. The lowest BCUT2D eigenvalue weighted by Crippen LogP contribution is -2.49. The van der Waals surface area contributed by atoms with Crippen LogP contribution in [0.3, 0.4) is 0 Å². The summed E-state index contributed by atoms with van der Waals surface area (Å²) in [5, 5.41) is 4.45. The second-order valence-corrected chi connectivity index (χ2v) is 7.40. The van der Waals surface area contributed by atoms with Crippen molar-refractivity contribution in [2.45, 2.75) is 6.42 Å². The Bertz CT molecular complexity index is 1030. The zero-order valence-corrected chi connectivity index (χ0v) is 16.9. The minimum atomic E-state index is -0.331. The minimum absolute atomic E-state index is 0.0449. The number of carbonyl (C=O) groups is 1. The number of halogens is 1. The second-order valence-electron chi connectivity index (χ2n) is 7.40. The Labute approximate surface area is 175 Å². The average molecular weight is 407 g/mol. The van der Waals surface area contributed by atoms with Crippen LogP contribution in [0.5, 0.6) is 0 Å². The molecule has 0 spiro atoms. The van der Waals surface area contributed by atoms with E-state index in [9.17, 15) is 9.18 Å². The van der Waals surface area contributed by atoms with E-state index >= 15 is 0 Å². The monoisotopic (exact) mass is 407 g/mol. The number of piperazine rings is 1. The molecule has 2 heterocycles. The third-order valence-electron chi connectivity index (χ3n) is 5.42. The van der Waals surface area contributed by atoms with Crippen LogP contribution in [-0.4, -0.2) is 55.1 Å². The zero-order valence-electron chi connectivity index (χ0n) is 16.9. The molecule has 1 aliphatic rings. The van der Waals surface area contributed by atoms with E-state index in [4.69, 9.17) is 10.7 Å². The number of aromatic nitrogens is 1. The Hall–Kier alpha value is -3.19. The number of carbonyl (C=O) groups excluding carboxylic acids is 1. The zero-order chi connectivity index (χ0) is 20.9. The third kappa shape index (κ3) is 4.36. The summed E-state index contributed by atoms with van der Waals surface area (Å²) in [5.41, 5.74) is 8.04. The van der Waals surface area contributed by atoms with Crippen LogP contribution in [0.1, 0.15) is 5.56 Å². The molecule has 156 valence electrons. The minimum Gasteiger partial charge on any atom is -0.383 e. The molecule has 3 aromatic rings. The highest BCUT2D eigenvalue weighted by Crippen LogP contribution is 2.27. The topological polar surface area (TPSA) is 74.5 Å². The predicted molar refractivity (Wildman–Crippen MR) is 118 cm³/mol. The van der Waals surface area contributed by atoms with Crippen molar-refractivity contribution in [2.24, 2.45) is 5.73 Å². The van der Waals surface area contributed by atoms with Gasteiger partial charge in [-0.2, -0.15) is 0 Å². The number of pyridine rings is 1. The van der Waals surface area contributed by atoms with Gasteiger partial charge in [0.1, 0.15) is 11.6 Å². The molecule has 1 amide bonds. The number of fused-ring (bicyclic) bond motifs is 1. The number of anilines is 2. The van der Waals surface area contributed by atoms with Crippen molar-refractivity contribution in [3.8, 4) is 0 Å². The van der Waals surface area contributed by atoms with E-state index in [1.807, 2.05) is 24.3 Å². The average Bonchev–Trinajstić information content (AvgIpc) is 2.79. The van der Waals surface area contributed by atoms with E-state index in [1.165, 1.54) is 6.07 Å². The summed E-state index contributed by atoms with van der Waals surface area (Å²) in [6, 6.07) is 16.5. The molecule has 0 unspecified atom stereocenters. The molecule has 6 nitrogen and oxygen atoms in total. The Balaban J connectivity index is 1.45. The fourth-order valence-corrected chi connectivity index (χ4v) is 3.78. The molecular formula is C23H26FN5O. The Kier molecular flexibility index (Phi) is 6.09. The maximum Gasteiger partial charge on any atom is 0.227 e. The van der Waals surface area contributed by atoms with Crippen LogP contribution >= 0.6 is 0 Å². The molecule has 3 N–H and O–H groups in total. The Morgan fingerprint density at radius 2 is 1.80 bits per heavy atom. The fourth-order valence-electron chi connectivity index (χ4n) is 3.78. The molecule has 30 heavy (non-hydrogen) atoms. The van der Waals surface area contributed by atoms with Gasteiger partial charge in [0.2, 0.25) is 5.91 Å². The number of hydrogen-bond acceptors (Lipinski definition) is 5. The molecule has 1 aliphatic heterocycles. The number of amides is 1. The summed E-state index contributed by atoms with van der Waals surface area (Å²) < 4.78 is 13.9. The number of benzene rings is 2. The summed E-state index contributed by atoms with van der Waals surface area (Å²) in [6.07, 6.45) is 0.0913. The Morgan fingerprint density at radius 3 is 2.57 bits per heavy atom. The lowest BCUT2D eigenvalue weighted by atomic mass is 10.1. The molecular weight excluding hydrogens is 381 g/mol. The van der Waals surface area contributed by atoms with Gasteiger partial charge < -0.3 is 20.9 Å². The van der Waals surface area contributed by atoms with E-state index in [1.54, 1.807) is 23.1 Å². The summed E-state index contributed by atoms with van der Waals surface area (Å²) in [6.45, 7) is 3.79. The van der Waals surface area contributed by atoms with Crippen LogP contribution in [0.4, 0.5) is 15.9 Å². The quantitative estimate of drug-likeness (QED) is 0.657. The van der Waals surface area contributed by atoms with Crippen molar-refractivity contribution in [2.75, 3.05) is 49.5 Å². The van der Waals surface area contributed by atoms with Gasteiger partial charge in [0.15, 0.2) is 0 Å². The van der Waals surface area contributed by atoms with Crippen molar-refractivity contribution in [1.82, 2.24) is 9.88 Å². The summed E-state index contributed by atoms with van der Waals surface area (Å²) in [4.78, 5) is 21.4. The van der Waals surface area contributed by atoms with Gasteiger partial charge in [0.25, 0.3) is 0 Å². The van der Waals surface area contributed by atoms with Crippen LogP contribution in [-0.2, 0) is 11.2 Å². The molecule has 7 heteroatoms. The van der Waals surface area contributed by atoms with E-state index in [0.717, 1.165) is 22.4 Å². The number of hydrogen-bond donors (Lipinski definition) is 2. The third-order valence-corrected chi connectivity index (χ3v) is 5.42. The second kappa shape index (κ2) is 9.09. The van der Waals surface area contributed by atoms with E-state index in [0.29, 0.717) is 44.8 Å². The van der Waals surface area contributed by atoms with Gasteiger partial charge in [-0.05, 0) is 17.7 Å². The Morgan fingerprint density at radius 1 is 1.07 bits per heavy atom. The number of rotatable bonds is 6. The van der Waals surface area contributed by atoms with E-state index in [-0.39, 0.29) is 18.1 Å². The van der Waals surface area contributed by atoms with Crippen molar-refractivity contribution in [3.05, 3.63) is 66.0 Å². The van der Waals surface area contributed by atoms with Crippen LogP contribution in [0.15, 0.2) is 54.6 Å². The molecule has 0 saturated carbocycles. The van der Waals surface area contributed by atoms with Crippen LogP contribution < -0.4 is 16.0 Å². The van der Waals surface area contributed by atoms with Gasteiger partial charge in [-0.25, -0.2) is 9.37 Å². The molecule has 1 fully saturated rings. The van der Waals surface area contributed by atoms with Gasteiger partial charge in [-0.3, -0.25) is 4.79 Å². The highest BCUT2D eigenvalue weighted by molar-refractivity contribution is 5.93. The van der Waals surface area contributed by atoms with Crippen molar-refractivity contribution in [3.63, 3.8) is 0 Å². The first-order valence-electron chi connectivity index (χ1n) is 10.3. The number of nitrogens with one attached hydrogen (secondary N) is 1. The lowest BCUT2D eigenvalue weighted by Gasteiger charge is -2.35. The highest BCUT2D eigenvalue weighted by Gasteiger charge is 2.23. The van der Waals surface area contributed by atoms with Gasteiger partial charge >= 0.3 is 0 Å². The standard InChI is InChI=1S/C23H26FN5O/c24-19-7-3-1-5-17(19)15-23(30)29-13-11-28(12-14-29)22-16-21(26-10-9-25)18-6-2-4-8-20(18)27-22/h1-8,16H,9-15,25H2,(H,26,27). The maximum atomic E-state index is 13.9. The molecule has 4 rings (SSSR count). The van der Waals surface area contributed by atoms with Crippen LogP contribution in [0, 0.1) is 5.82 Å². The number of nitrogens with two attached hydrogens (primary N) is 1. The van der Waals surface area contributed by atoms with E-state index < -0.39 is 0 Å². The van der Waals surface area contributed by atoms with Crippen molar-refractivity contribution < 1.29 is 9.18 Å². The molecule has 0 bridgehead atoms. The normalized spacial score (nSPS) is 14.2. The largest absolute Gasteiger partial charge is 0.383 e. The van der Waals surface area contributed by atoms with Crippen molar-refractivity contribution in [1.29, 1.82) is 0 Å². The summed E-state index contributed by atoms with van der Waals surface area (Å²) >= 11 is 0. The smallest absolute Gasteiger partial charge is 0.227 e. The molecule has 1 aromatic heterocycles. The lowest BCUT2D eigenvalue weighted by molar-refractivity contribution is -0.130. The first-order valence-corrected chi connectivity index (χ1v) is 10.3.